The summed E-state index contributed by atoms with van der Waals surface area (Å²) >= 11 is 3.43. The molecule has 1 unspecified atom stereocenters. The standard InChI is InChI=1S/C17H16BrNO2/c1-10-8-13(18)4-5-14(10)17(21)12-2-6-15-11(9-12)3-7-16(20)19-15/h2,4-6,8-9,17,21H,3,7H2,1H3,(H,19,20). The topological polar surface area (TPSA) is 49.3 Å². The molecule has 0 bridgehead atoms. The first kappa shape index (κ1) is 14.3. The van der Waals surface area contributed by atoms with Crippen LogP contribution < -0.4 is 5.32 Å². The van der Waals surface area contributed by atoms with Crippen molar-refractivity contribution in [2.75, 3.05) is 5.32 Å². The number of rotatable bonds is 2. The van der Waals surface area contributed by atoms with Crippen LogP contribution in [-0.2, 0) is 11.2 Å². The fourth-order valence-corrected chi connectivity index (χ4v) is 3.17. The SMILES string of the molecule is Cc1cc(Br)ccc1C(O)c1ccc2c(c1)CCC(=O)N2. The summed E-state index contributed by atoms with van der Waals surface area (Å²) < 4.78 is 1.00. The molecule has 2 N–H and O–H groups in total. The van der Waals surface area contributed by atoms with Gasteiger partial charge in [-0.2, -0.15) is 0 Å². The number of amides is 1. The molecule has 4 heteroatoms. The van der Waals surface area contributed by atoms with E-state index in [4.69, 9.17) is 0 Å². The van der Waals surface area contributed by atoms with Crippen molar-refractivity contribution in [3.63, 3.8) is 0 Å². The zero-order valence-electron chi connectivity index (χ0n) is 11.7. The summed E-state index contributed by atoms with van der Waals surface area (Å²) in [6.45, 7) is 1.99. The fraction of sp³-hybridized carbons (Fsp3) is 0.235. The third-order valence-corrected chi connectivity index (χ3v) is 4.36. The Kier molecular flexibility index (Phi) is 3.83. The lowest BCUT2D eigenvalue weighted by Gasteiger charge is -2.20. The number of aryl methyl sites for hydroxylation is 2. The number of benzene rings is 2. The number of hydrogen-bond donors (Lipinski definition) is 2. The second-order valence-electron chi connectivity index (χ2n) is 5.37. The Morgan fingerprint density at radius 2 is 2.00 bits per heavy atom. The van der Waals surface area contributed by atoms with Gasteiger partial charge in [0.05, 0.1) is 0 Å². The maximum atomic E-state index is 11.4. The molecule has 0 radical (unpaired) electrons. The third-order valence-electron chi connectivity index (χ3n) is 3.87. The second-order valence-corrected chi connectivity index (χ2v) is 6.28. The quantitative estimate of drug-likeness (QED) is 0.871. The summed E-state index contributed by atoms with van der Waals surface area (Å²) in [5, 5.41) is 13.5. The summed E-state index contributed by atoms with van der Waals surface area (Å²) in [5.41, 5.74) is 4.74. The Morgan fingerprint density at radius 1 is 1.19 bits per heavy atom. The van der Waals surface area contributed by atoms with Gasteiger partial charge in [-0.15, -0.1) is 0 Å². The lowest BCUT2D eigenvalue weighted by atomic mass is 9.93. The van der Waals surface area contributed by atoms with E-state index in [9.17, 15) is 9.90 Å². The van der Waals surface area contributed by atoms with Crippen molar-refractivity contribution in [2.45, 2.75) is 25.9 Å². The van der Waals surface area contributed by atoms with Crippen LogP contribution in [0.2, 0.25) is 0 Å². The molecule has 0 spiro atoms. The monoisotopic (exact) mass is 345 g/mol. The Hall–Kier alpha value is -1.65. The average Bonchev–Trinajstić information content (AvgIpc) is 2.46. The molecule has 1 amide bonds. The predicted octanol–water partition coefficient (Wildman–Crippen LogP) is 3.72. The summed E-state index contributed by atoms with van der Waals surface area (Å²) in [5.74, 6) is 0.0551. The van der Waals surface area contributed by atoms with E-state index in [1.807, 2.05) is 43.3 Å². The number of aliphatic hydroxyl groups is 1. The van der Waals surface area contributed by atoms with Gasteiger partial charge in [-0.05, 0) is 53.8 Å². The highest BCUT2D eigenvalue weighted by Crippen LogP contribution is 2.31. The van der Waals surface area contributed by atoms with Crippen LogP contribution in [0.1, 0.15) is 34.8 Å². The first-order valence-corrected chi connectivity index (χ1v) is 7.70. The van der Waals surface area contributed by atoms with E-state index in [-0.39, 0.29) is 5.91 Å². The predicted molar refractivity (Wildman–Crippen MR) is 86.3 cm³/mol. The van der Waals surface area contributed by atoms with Crippen LogP contribution >= 0.6 is 15.9 Å². The molecule has 0 fully saturated rings. The van der Waals surface area contributed by atoms with Crippen molar-refractivity contribution in [1.29, 1.82) is 0 Å². The highest BCUT2D eigenvalue weighted by Gasteiger charge is 2.18. The zero-order chi connectivity index (χ0) is 15.0. The fourth-order valence-electron chi connectivity index (χ4n) is 2.70. The first-order chi connectivity index (χ1) is 10.0. The molecule has 108 valence electrons. The normalized spacial score (nSPS) is 15.3. The van der Waals surface area contributed by atoms with Crippen LogP contribution in [0.25, 0.3) is 0 Å². The van der Waals surface area contributed by atoms with Crippen LogP contribution in [0.3, 0.4) is 0 Å². The van der Waals surface area contributed by atoms with E-state index in [0.29, 0.717) is 6.42 Å². The maximum Gasteiger partial charge on any atom is 0.224 e. The zero-order valence-corrected chi connectivity index (χ0v) is 13.3. The van der Waals surface area contributed by atoms with E-state index < -0.39 is 6.10 Å². The second kappa shape index (κ2) is 5.62. The molecule has 1 aliphatic rings. The van der Waals surface area contributed by atoms with E-state index in [1.165, 1.54) is 0 Å². The van der Waals surface area contributed by atoms with Gasteiger partial charge in [0.25, 0.3) is 0 Å². The van der Waals surface area contributed by atoms with Crippen LogP contribution in [0.4, 0.5) is 5.69 Å². The van der Waals surface area contributed by atoms with Crippen molar-refractivity contribution in [3.05, 3.63) is 63.1 Å². The Morgan fingerprint density at radius 3 is 2.76 bits per heavy atom. The number of carbonyl (C=O) groups excluding carboxylic acids is 1. The Labute approximate surface area is 132 Å². The van der Waals surface area contributed by atoms with Gasteiger partial charge in [0.1, 0.15) is 6.10 Å². The molecule has 1 aliphatic heterocycles. The number of hydrogen-bond acceptors (Lipinski definition) is 2. The summed E-state index contributed by atoms with van der Waals surface area (Å²) in [7, 11) is 0. The molecule has 2 aromatic rings. The molecule has 0 aliphatic carbocycles. The minimum Gasteiger partial charge on any atom is -0.384 e. The maximum absolute atomic E-state index is 11.4. The van der Waals surface area contributed by atoms with Gasteiger partial charge in [0, 0.05) is 16.6 Å². The molecule has 0 saturated carbocycles. The largest absolute Gasteiger partial charge is 0.384 e. The summed E-state index contributed by atoms with van der Waals surface area (Å²) in [6, 6.07) is 11.6. The van der Waals surface area contributed by atoms with Gasteiger partial charge >= 0.3 is 0 Å². The minimum atomic E-state index is -0.652. The number of carbonyl (C=O) groups is 1. The number of anilines is 1. The molecule has 0 saturated heterocycles. The van der Waals surface area contributed by atoms with Crippen molar-refractivity contribution in [2.24, 2.45) is 0 Å². The van der Waals surface area contributed by atoms with Crippen molar-refractivity contribution >= 4 is 27.5 Å². The van der Waals surface area contributed by atoms with Gasteiger partial charge in [0.2, 0.25) is 5.91 Å². The summed E-state index contributed by atoms with van der Waals surface area (Å²) in [6.07, 6.45) is 0.575. The molecule has 3 nitrogen and oxygen atoms in total. The minimum absolute atomic E-state index is 0.0551. The van der Waals surface area contributed by atoms with Crippen LogP contribution in [-0.4, -0.2) is 11.0 Å². The number of nitrogens with one attached hydrogen (secondary N) is 1. The Balaban J connectivity index is 1.95. The smallest absolute Gasteiger partial charge is 0.224 e. The van der Waals surface area contributed by atoms with E-state index in [2.05, 4.69) is 21.2 Å². The molecular formula is C17H16BrNO2. The lowest BCUT2D eigenvalue weighted by molar-refractivity contribution is -0.116. The number of halogens is 1. The summed E-state index contributed by atoms with van der Waals surface area (Å²) in [4.78, 5) is 11.4. The number of aliphatic hydroxyl groups excluding tert-OH is 1. The van der Waals surface area contributed by atoms with Gasteiger partial charge in [-0.3, -0.25) is 4.79 Å². The van der Waals surface area contributed by atoms with E-state index in [0.717, 1.165) is 38.8 Å². The highest BCUT2D eigenvalue weighted by atomic mass is 79.9. The van der Waals surface area contributed by atoms with Gasteiger partial charge in [-0.25, -0.2) is 0 Å². The lowest BCUT2D eigenvalue weighted by Crippen LogP contribution is -2.19. The van der Waals surface area contributed by atoms with Crippen LogP contribution in [0.15, 0.2) is 40.9 Å². The van der Waals surface area contributed by atoms with Gasteiger partial charge in [-0.1, -0.05) is 34.1 Å². The third kappa shape index (κ3) is 2.87. The van der Waals surface area contributed by atoms with Crippen molar-refractivity contribution in [3.8, 4) is 0 Å². The highest BCUT2D eigenvalue weighted by molar-refractivity contribution is 9.10. The molecule has 2 aromatic carbocycles. The average molecular weight is 346 g/mol. The van der Waals surface area contributed by atoms with Gasteiger partial charge in [0.15, 0.2) is 0 Å². The first-order valence-electron chi connectivity index (χ1n) is 6.91. The van der Waals surface area contributed by atoms with Crippen molar-refractivity contribution in [1.82, 2.24) is 0 Å². The Bertz CT molecular complexity index is 712. The molecule has 0 aromatic heterocycles. The molecular weight excluding hydrogens is 330 g/mol. The molecule has 21 heavy (non-hydrogen) atoms. The van der Waals surface area contributed by atoms with Crippen LogP contribution in [0.5, 0.6) is 0 Å². The number of fused-ring (bicyclic) bond motifs is 1. The molecule has 1 atom stereocenters. The van der Waals surface area contributed by atoms with Crippen molar-refractivity contribution < 1.29 is 9.90 Å². The van der Waals surface area contributed by atoms with Gasteiger partial charge < -0.3 is 10.4 Å². The molecule has 1 heterocycles. The van der Waals surface area contributed by atoms with E-state index >= 15 is 0 Å². The van der Waals surface area contributed by atoms with E-state index in [1.54, 1.807) is 0 Å². The molecule has 3 rings (SSSR count). The van der Waals surface area contributed by atoms with Crippen LogP contribution in [0, 0.1) is 6.92 Å².